The van der Waals surface area contributed by atoms with Crippen molar-refractivity contribution in [3.63, 3.8) is 0 Å². The maximum absolute atomic E-state index is 14.0. The molecule has 2 amide bonds. The molecule has 4 saturated carbocycles. The molecule has 0 aromatic carbocycles. The normalized spacial score (nSPS) is 45.2. The molecular weight excluding hydrogens is 625 g/mol. The number of halogens is 1. The van der Waals surface area contributed by atoms with Crippen LogP contribution in [0.25, 0.3) is 0 Å². The van der Waals surface area contributed by atoms with Gasteiger partial charge in [0.25, 0.3) is 0 Å². The summed E-state index contributed by atoms with van der Waals surface area (Å²) in [6.45, 7) is 22.3. The highest BCUT2D eigenvalue weighted by atomic mass is 19.1. The van der Waals surface area contributed by atoms with Crippen molar-refractivity contribution in [1.29, 1.82) is 0 Å². The number of carboxylic acid groups (broad SMARTS) is 1. The predicted molar refractivity (Wildman–Crippen MR) is 198 cm³/mol. The molecule has 6 aliphatic carbocycles. The van der Waals surface area contributed by atoms with Crippen LogP contribution in [-0.4, -0.2) is 72.3 Å². The van der Waals surface area contributed by atoms with Crippen molar-refractivity contribution < 1.29 is 19.1 Å². The SMILES string of the molecule is C=C(C)[C@@H]1CC[C@]2(NCCN3CCN(C)C3=O)CC[C@]3(C)[C@H](CC[C@@H]4[C@@]5(C)CC=C(C6=CCC(CF)(C(=O)O)CC6)C(C)(C)[C@@H]5CC[C@]43C)[C@@H]12. The summed E-state index contributed by atoms with van der Waals surface area (Å²) < 4.78 is 14.0. The molecule has 7 heteroatoms. The molecule has 50 heavy (non-hydrogen) atoms. The fourth-order valence-corrected chi connectivity index (χ4v) is 14.5. The first-order chi connectivity index (χ1) is 23.5. The Bertz CT molecular complexity index is 1490. The lowest BCUT2D eigenvalue weighted by atomic mass is 9.33. The van der Waals surface area contributed by atoms with Crippen LogP contribution in [-0.2, 0) is 4.79 Å². The summed E-state index contributed by atoms with van der Waals surface area (Å²) >= 11 is 0. The van der Waals surface area contributed by atoms with Crippen molar-refractivity contribution in [2.75, 3.05) is 39.9 Å². The molecule has 1 saturated heterocycles. The number of allylic oxidation sites excluding steroid dienone is 5. The van der Waals surface area contributed by atoms with E-state index in [2.05, 4.69) is 65.6 Å². The van der Waals surface area contributed by atoms with Gasteiger partial charge in [-0.3, -0.25) is 4.79 Å². The van der Waals surface area contributed by atoms with E-state index in [0.29, 0.717) is 48.9 Å². The number of carboxylic acids is 1. The smallest absolute Gasteiger partial charge is 0.319 e. The fraction of sp³-hybridized carbons (Fsp3) is 0.814. The number of hydrogen-bond acceptors (Lipinski definition) is 3. The first-order valence-electron chi connectivity index (χ1n) is 20.1. The molecule has 0 spiro atoms. The van der Waals surface area contributed by atoms with Crippen LogP contribution in [0.3, 0.4) is 0 Å². The molecule has 0 aromatic rings. The lowest BCUT2D eigenvalue weighted by Gasteiger charge is -2.72. The van der Waals surface area contributed by atoms with Crippen molar-refractivity contribution in [3.05, 3.63) is 35.5 Å². The van der Waals surface area contributed by atoms with Gasteiger partial charge in [-0.05, 0) is 146 Å². The molecular formula is C43H66FN3O3. The van der Waals surface area contributed by atoms with E-state index in [0.717, 1.165) is 32.6 Å². The first-order valence-corrected chi connectivity index (χ1v) is 20.1. The van der Waals surface area contributed by atoms with Gasteiger partial charge in [-0.15, -0.1) is 0 Å². The van der Waals surface area contributed by atoms with Crippen molar-refractivity contribution >= 4 is 12.0 Å². The highest BCUT2D eigenvalue weighted by Gasteiger charge is 2.70. The Labute approximate surface area is 301 Å². The van der Waals surface area contributed by atoms with Crippen LogP contribution in [0, 0.1) is 56.7 Å². The molecule has 1 unspecified atom stereocenters. The topological polar surface area (TPSA) is 72.9 Å². The van der Waals surface area contributed by atoms with Gasteiger partial charge in [0.15, 0.2) is 0 Å². The zero-order valence-corrected chi connectivity index (χ0v) is 32.3. The second kappa shape index (κ2) is 12.2. The van der Waals surface area contributed by atoms with Crippen molar-refractivity contribution in [2.45, 2.75) is 124 Å². The zero-order chi connectivity index (χ0) is 36.1. The van der Waals surface area contributed by atoms with Crippen LogP contribution >= 0.6 is 0 Å². The summed E-state index contributed by atoms with van der Waals surface area (Å²) in [6.07, 6.45) is 17.0. The molecule has 7 rings (SSSR count). The molecule has 1 heterocycles. The maximum atomic E-state index is 14.0. The van der Waals surface area contributed by atoms with E-state index >= 15 is 0 Å². The van der Waals surface area contributed by atoms with E-state index in [-0.39, 0.29) is 33.2 Å². The number of hydrogen-bond donors (Lipinski definition) is 2. The van der Waals surface area contributed by atoms with Crippen LogP contribution in [0.4, 0.5) is 9.18 Å². The Hall–Kier alpha value is -2.15. The van der Waals surface area contributed by atoms with Crippen LogP contribution in [0.5, 0.6) is 0 Å². The van der Waals surface area contributed by atoms with E-state index in [1.165, 1.54) is 68.1 Å². The number of carbonyl (C=O) groups is 2. The minimum absolute atomic E-state index is 0.00940. The predicted octanol–water partition coefficient (Wildman–Crippen LogP) is 9.04. The van der Waals surface area contributed by atoms with Crippen molar-refractivity contribution in [2.24, 2.45) is 56.7 Å². The number of alkyl halides is 1. The Morgan fingerprint density at radius 2 is 1.72 bits per heavy atom. The van der Waals surface area contributed by atoms with Gasteiger partial charge in [-0.1, -0.05) is 58.9 Å². The molecule has 7 aliphatic rings. The number of amides is 2. The van der Waals surface area contributed by atoms with Crippen LogP contribution in [0.2, 0.25) is 0 Å². The van der Waals surface area contributed by atoms with E-state index in [4.69, 9.17) is 0 Å². The number of carbonyl (C=O) groups excluding carboxylic acids is 1. The standard InChI is InChI=1S/C43H66FN3O3/c1-28(2)30-13-20-43(45-23-24-47-26-25-46(8)37(47)50)22-21-40(6)32(35(30)43)9-10-34-39(5)16-14-31(38(3,4)33(39)15-17-41(34,40)7)29-11-18-42(27-44,19-12-29)36(48)49/h11,14,30,32-35,45H,1,9-10,12-13,15-27H2,2-8H3,(H,48,49)/t30-,32+,33-,34+,35+,39-,40+,41+,42?,43-/m0/s1. The van der Waals surface area contributed by atoms with Gasteiger partial charge >= 0.3 is 12.0 Å². The molecule has 6 nitrogen and oxygen atoms in total. The summed E-state index contributed by atoms with van der Waals surface area (Å²) in [6, 6.07) is 0.166. The van der Waals surface area contributed by atoms with Gasteiger partial charge < -0.3 is 20.2 Å². The number of urea groups is 1. The average molecular weight is 692 g/mol. The lowest BCUT2D eigenvalue weighted by Crippen LogP contribution is -2.68. The number of nitrogens with zero attached hydrogens (tertiary/aromatic N) is 2. The molecule has 0 bridgehead atoms. The van der Waals surface area contributed by atoms with Gasteiger partial charge in [0, 0.05) is 38.8 Å². The summed E-state index contributed by atoms with van der Waals surface area (Å²) in [5, 5.41) is 14.0. The lowest BCUT2D eigenvalue weighted by molar-refractivity contribution is -0.221. The number of fused-ring (bicyclic) bond motifs is 7. The zero-order valence-electron chi connectivity index (χ0n) is 32.3. The third kappa shape index (κ3) is 5.00. The van der Waals surface area contributed by atoms with Gasteiger partial charge in [0.1, 0.15) is 6.67 Å². The molecule has 10 atom stereocenters. The van der Waals surface area contributed by atoms with E-state index in [1.54, 1.807) is 0 Å². The number of aliphatic carboxylic acids is 1. The minimum Gasteiger partial charge on any atom is -0.481 e. The van der Waals surface area contributed by atoms with Gasteiger partial charge in [0.05, 0.1) is 5.41 Å². The summed E-state index contributed by atoms with van der Waals surface area (Å²) in [5.74, 6) is 2.03. The summed E-state index contributed by atoms with van der Waals surface area (Å²) in [7, 11) is 1.91. The van der Waals surface area contributed by atoms with Crippen LogP contribution in [0.1, 0.15) is 119 Å². The Morgan fingerprint density at radius 1 is 0.960 bits per heavy atom. The molecule has 1 aliphatic heterocycles. The second-order valence-corrected chi connectivity index (χ2v) is 19.7. The number of likely N-dealkylation sites (N-methyl/N-ethyl adjacent to an activating group) is 1. The minimum atomic E-state index is -1.25. The summed E-state index contributed by atoms with van der Waals surface area (Å²) in [4.78, 5) is 28.5. The monoisotopic (exact) mass is 692 g/mol. The van der Waals surface area contributed by atoms with Crippen molar-refractivity contribution in [1.82, 2.24) is 15.1 Å². The Balaban J connectivity index is 1.15. The Morgan fingerprint density at radius 3 is 2.34 bits per heavy atom. The number of rotatable bonds is 8. The van der Waals surface area contributed by atoms with Crippen LogP contribution in [0.15, 0.2) is 35.5 Å². The molecule has 0 aromatic heterocycles. The largest absolute Gasteiger partial charge is 0.481 e. The highest BCUT2D eigenvalue weighted by molar-refractivity contribution is 5.76. The summed E-state index contributed by atoms with van der Waals surface area (Å²) in [5.41, 5.74) is 3.64. The van der Waals surface area contributed by atoms with Gasteiger partial charge in [-0.2, -0.15) is 0 Å². The van der Waals surface area contributed by atoms with Gasteiger partial charge in [-0.25, -0.2) is 9.18 Å². The Kier molecular flexibility index (Phi) is 8.84. The van der Waals surface area contributed by atoms with Gasteiger partial charge in [0.2, 0.25) is 0 Å². The quantitative estimate of drug-likeness (QED) is 0.249. The molecule has 278 valence electrons. The molecule has 2 N–H and O–H groups in total. The molecule has 5 fully saturated rings. The maximum Gasteiger partial charge on any atom is 0.319 e. The van der Waals surface area contributed by atoms with E-state index in [9.17, 15) is 19.1 Å². The fourth-order valence-electron chi connectivity index (χ4n) is 14.5. The first kappa shape index (κ1) is 36.2. The highest BCUT2D eigenvalue weighted by Crippen LogP contribution is 2.76. The van der Waals surface area contributed by atoms with E-state index in [1.807, 2.05) is 16.8 Å². The number of nitrogens with one attached hydrogen (secondary N) is 1. The second-order valence-electron chi connectivity index (χ2n) is 19.7. The molecule has 0 radical (unpaired) electrons. The third-order valence-corrected chi connectivity index (χ3v) is 17.5. The van der Waals surface area contributed by atoms with E-state index < -0.39 is 18.1 Å². The third-order valence-electron chi connectivity index (χ3n) is 17.5. The van der Waals surface area contributed by atoms with Crippen molar-refractivity contribution in [3.8, 4) is 0 Å². The average Bonchev–Trinajstić information content (AvgIpc) is 3.61. The van der Waals surface area contributed by atoms with Crippen LogP contribution < -0.4 is 5.32 Å².